The van der Waals surface area contributed by atoms with E-state index in [9.17, 15) is 18.7 Å². The second kappa shape index (κ2) is 14.3. The standard InChI is InChI=1S/C40H41F2N3O5/c1-24-30(27-14-12-26(13-15-27)21-44-18-16-29(23-44)48-3)7-4-8-31(24)32-9-5-10-33(25(32)2)38-43-34-19-28(22-45-17-6-11-35(45)39(46)47)36(50-40(41)42)20-37(34)49-38/h4-5,7-10,12-15,19-20,29,35,40H,6,11,16-18,21-23H2,1-3H3,(H,46,47)/t29?,35-/m0/s1. The van der Waals surface area contributed by atoms with E-state index in [-0.39, 0.29) is 12.3 Å². The second-order valence-corrected chi connectivity index (χ2v) is 13.3. The predicted molar refractivity (Wildman–Crippen MR) is 188 cm³/mol. The van der Waals surface area contributed by atoms with Crippen LogP contribution in [0.5, 0.6) is 5.75 Å². The molecule has 0 aliphatic carbocycles. The van der Waals surface area contributed by atoms with E-state index in [2.05, 4.69) is 60.4 Å². The van der Waals surface area contributed by atoms with Crippen molar-refractivity contribution in [1.29, 1.82) is 0 Å². The van der Waals surface area contributed by atoms with Gasteiger partial charge in [-0.2, -0.15) is 8.78 Å². The highest BCUT2D eigenvalue weighted by atomic mass is 19.3. The third-order valence-corrected chi connectivity index (χ3v) is 10.2. The number of rotatable bonds is 11. The number of carboxylic acid groups (broad SMARTS) is 1. The van der Waals surface area contributed by atoms with Gasteiger partial charge in [0.25, 0.3) is 0 Å². The lowest BCUT2D eigenvalue weighted by molar-refractivity contribution is -0.142. The molecule has 10 heteroatoms. The molecule has 0 spiro atoms. The Morgan fingerprint density at radius 2 is 1.64 bits per heavy atom. The van der Waals surface area contributed by atoms with Crippen LogP contribution in [0.4, 0.5) is 8.78 Å². The molecular formula is C40H41F2N3O5. The average Bonchev–Trinajstić information content (AvgIpc) is 3.86. The molecule has 0 amide bonds. The fraction of sp³-hybridized carbons (Fsp3) is 0.350. The number of halogens is 2. The Bertz CT molecular complexity index is 2010. The number of alkyl halides is 2. The van der Waals surface area contributed by atoms with E-state index in [1.165, 1.54) is 11.6 Å². The number of methoxy groups -OCH3 is 1. The van der Waals surface area contributed by atoms with Crippen LogP contribution in [0.3, 0.4) is 0 Å². The van der Waals surface area contributed by atoms with Crippen LogP contribution in [0.2, 0.25) is 0 Å². The quantitative estimate of drug-likeness (QED) is 0.149. The van der Waals surface area contributed by atoms with Crippen LogP contribution >= 0.6 is 0 Å². The normalized spacial score (nSPS) is 18.4. The predicted octanol–water partition coefficient (Wildman–Crippen LogP) is 8.32. The number of aromatic nitrogens is 1. The van der Waals surface area contributed by atoms with Gasteiger partial charge in [0, 0.05) is 50.5 Å². The monoisotopic (exact) mass is 681 g/mol. The average molecular weight is 682 g/mol. The van der Waals surface area contributed by atoms with Crippen LogP contribution < -0.4 is 4.74 Å². The maximum Gasteiger partial charge on any atom is 0.387 e. The number of carboxylic acids is 1. The first-order chi connectivity index (χ1) is 24.2. The third-order valence-electron chi connectivity index (χ3n) is 10.2. The molecule has 2 fully saturated rings. The Hall–Kier alpha value is -4.64. The summed E-state index contributed by atoms with van der Waals surface area (Å²) in [5.41, 5.74) is 9.87. The number of benzene rings is 4. The zero-order valence-electron chi connectivity index (χ0n) is 28.5. The van der Waals surface area contributed by atoms with E-state index < -0.39 is 18.6 Å². The first-order valence-corrected chi connectivity index (χ1v) is 17.1. The molecule has 260 valence electrons. The van der Waals surface area contributed by atoms with Crippen LogP contribution in [0.15, 0.2) is 77.2 Å². The lowest BCUT2D eigenvalue weighted by Gasteiger charge is -2.22. The summed E-state index contributed by atoms with van der Waals surface area (Å²) < 4.78 is 43.5. The molecule has 1 aromatic heterocycles. The van der Waals surface area contributed by atoms with Crippen molar-refractivity contribution in [2.75, 3.05) is 26.7 Å². The maximum atomic E-state index is 13.5. The summed E-state index contributed by atoms with van der Waals surface area (Å²) in [7, 11) is 1.78. The van der Waals surface area contributed by atoms with E-state index in [0.717, 1.165) is 71.4 Å². The molecule has 7 rings (SSSR count). The lowest BCUT2D eigenvalue weighted by Crippen LogP contribution is -2.35. The van der Waals surface area contributed by atoms with Gasteiger partial charge in [0.1, 0.15) is 17.3 Å². The molecule has 8 nitrogen and oxygen atoms in total. The maximum absolute atomic E-state index is 13.5. The molecule has 50 heavy (non-hydrogen) atoms. The molecular weight excluding hydrogens is 640 g/mol. The van der Waals surface area contributed by atoms with Crippen molar-refractivity contribution in [2.45, 2.75) is 65.0 Å². The number of fused-ring (bicyclic) bond motifs is 1. The van der Waals surface area contributed by atoms with E-state index >= 15 is 0 Å². The van der Waals surface area contributed by atoms with Gasteiger partial charge in [-0.25, -0.2) is 4.98 Å². The number of aliphatic carboxylic acids is 1. The Morgan fingerprint density at radius 1 is 0.940 bits per heavy atom. The van der Waals surface area contributed by atoms with E-state index in [1.807, 2.05) is 19.1 Å². The summed E-state index contributed by atoms with van der Waals surface area (Å²) >= 11 is 0. The van der Waals surface area contributed by atoms with E-state index in [1.54, 1.807) is 18.1 Å². The molecule has 0 saturated carbocycles. The Labute approximate surface area is 290 Å². The van der Waals surface area contributed by atoms with Crippen LogP contribution in [0, 0.1) is 13.8 Å². The fourth-order valence-corrected chi connectivity index (χ4v) is 7.54. The van der Waals surface area contributed by atoms with E-state index in [0.29, 0.717) is 41.6 Å². The zero-order valence-corrected chi connectivity index (χ0v) is 28.5. The molecule has 0 radical (unpaired) electrons. The second-order valence-electron chi connectivity index (χ2n) is 13.3. The lowest BCUT2D eigenvalue weighted by atomic mass is 9.89. The summed E-state index contributed by atoms with van der Waals surface area (Å²) in [5.74, 6) is -0.608. The van der Waals surface area contributed by atoms with Gasteiger partial charge in [-0.3, -0.25) is 14.6 Å². The van der Waals surface area contributed by atoms with Crippen molar-refractivity contribution in [3.63, 3.8) is 0 Å². The van der Waals surface area contributed by atoms with Gasteiger partial charge >= 0.3 is 12.6 Å². The molecule has 1 unspecified atom stereocenters. The molecule has 2 aliphatic rings. The number of hydrogen-bond donors (Lipinski definition) is 1. The summed E-state index contributed by atoms with van der Waals surface area (Å²) in [5, 5.41) is 9.64. The van der Waals surface area contributed by atoms with Gasteiger partial charge in [-0.1, -0.05) is 54.6 Å². The minimum atomic E-state index is -3.04. The van der Waals surface area contributed by atoms with Crippen molar-refractivity contribution < 1.29 is 32.6 Å². The molecule has 2 saturated heterocycles. The zero-order chi connectivity index (χ0) is 34.9. The number of ether oxygens (including phenoxy) is 2. The molecule has 0 bridgehead atoms. The SMILES string of the molecule is COC1CCN(Cc2ccc(-c3cccc(-c4cccc(-c5nc6cc(CN7CCC[C@H]7C(=O)O)c(OC(F)F)cc6o5)c4C)c3C)cc2)C1. The fourth-order valence-electron chi connectivity index (χ4n) is 7.54. The molecule has 4 aromatic carbocycles. The van der Waals surface area contributed by atoms with Gasteiger partial charge < -0.3 is 19.0 Å². The highest BCUT2D eigenvalue weighted by molar-refractivity contribution is 5.85. The van der Waals surface area contributed by atoms with Crippen molar-refractivity contribution in [3.05, 3.63) is 95.1 Å². The number of carbonyl (C=O) groups is 1. The highest BCUT2D eigenvalue weighted by Crippen LogP contribution is 2.39. The Balaban J connectivity index is 1.17. The van der Waals surface area contributed by atoms with Gasteiger partial charge in [-0.05, 0) is 90.7 Å². The van der Waals surface area contributed by atoms with Crippen molar-refractivity contribution in [3.8, 4) is 39.5 Å². The van der Waals surface area contributed by atoms with Gasteiger partial charge in [0.15, 0.2) is 5.58 Å². The number of hydrogen-bond acceptors (Lipinski definition) is 7. The highest BCUT2D eigenvalue weighted by Gasteiger charge is 2.31. The number of nitrogens with zero attached hydrogens (tertiary/aromatic N) is 3. The molecule has 1 N–H and O–H groups in total. The molecule has 5 aromatic rings. The first kappa shape index (κ1) is 33.8. The summed E-state index contributed by atoms with van der Waals surface area (Å²) in [6.45, 7) is 4.75. The third kappa shape index (κ3) is 6.88. The topological polar surface area (TPSA) is 88.3 Å². The number of oxazole rings is 1. The molecule has 2 atom stereocenters. The van der Waals surface area contributed by atoms with Crippen LogP contribution in [-0.2, 0) is 22.6 Å². The molecule has 3 heterocycles. The van der Waals surface area contributed by atoms with Crippen LogP contribution in [-0.4, -0.2) is 71.4 Å². The Kier molecular flexibility index (Phi) is 9.68. The number of likely N-dealkylation sites (tertiary alicyclic amines) is 2. The first-order valence-electron chi connectivity index (χ1n) is 17.1. The van der Waals surface area contributed by atoms with Crippen LogP contribution in [0.1, 0.15) is 41.5 Å². The largest absolute Gasteiger partial charge is 0.480 e. The molecule has 2 aliphatic heterocycles. The van der Waals surface area contributed by atoms with Crippen molar-refractivity contribution in [1.82, 2.24) is 14.8 Å². The van der Waals surface area contributed by atoms with Gasteiger partial charge in [0.05, 0.1) is 6.10 Å². The van der Waals surface area contributed by atoms with Crippen molar-refractivity contribution >= 4 is 17.1 Å². The van der Waals surface area contributed by atoms with Gasteiger partial charge in [-0.15, -0.1) is 0 Å². The summed E-state index contributed by atoms with van der Waals surface area (Å²) in [4.78, 5) is 20.7. The van der Waals surface area contributed by atoms with Crippen LogP contribution in [0.25, 0.3) is 44.8 Å². The minimum absolute atomic E-state index is 0.0482. The smallest absolute Gasteiger partial charge is 0.387 e. The van der Waals surface area contributed by atoms with Gasteiger partial charge in [0.2, 0.25) is 5.89 Å². The minimum Gasteiger partial charge on any atom is -0.480 e. The Morgan fingerprint density at radius 3 is 2.32 bits per heavy atom. The summed E-state index contributed by atoms with van der Waals surface area (Å²) in [6.07, 6.45) is 2.62. The summed E-state index contributed by atoms with van der Waals surface area (Å²) in [6, 6.07) is 23.6. The van der Waals surface area contributed by atoms with E-state index in [4.69, 9.17) is 18.9 Å². The van der Waals surface area contributed by atoms with Crippen molar-refractivity contribution in [2.24, 2.45) is 0 Å².